The highest BCUT2D eigenvalue weighted by Crippen LogP contribution is 2.26. The quantitative estimate of drug-likeness (QED) is 0.812. The van der Waals surface area contributed by atoms with Crippen molar-refractivity contribution in [2.45, 2.75) is 19.3 Å². The van der Waals surface area contributed by atoms with Crippen molar-refractivity contribution in [1.29, 1.82) is 0 Å². The lowest BCUT2D eigenvalue weighted by atomic mass is 10.1. The maximum Gasteiger partial charge on any atom is 0.365 e. The van der Waals surface area contributed by atoms with Crippen molar-refractivity contribution < 1.29 is 9.90 Å². The van der Waals surface area contributed by atoms with E-state index in [-0.39, 0.29) is 5.01 Å². The first-order valence-corrected chi connectivity index (χ1v) is 5.53. The van der Waals surface area contributed by atoms with Gasteiger partial charge in [0.2, 0.25) is 5.01 Å². The number of hydrogen-bond acceptors (Lipinski definition) is 4. The topological polar surface area (TPSA) is 53.4 Å². The molecule has 0 aliphatic carbocycles. The number of carbonyl (C=O) groups is 1. The van der Waals surface area contributed by atoms with Crippen LogP contribution in [0.4, 0.5) is 5.00 Å². The highest BCUT2D eigenvalue weighted by Gasteiger charge is 2.15. The van der Waals surface area contributed by atoms with E-state index in [1.807, 2.05) is 0 Å². The molecule has 0 aromatic carbocycles. The summed E-state index contributed by atoms with van der Waals surface area (Å²) in [4.78, 5) is 16.7. The fraction of sp³-hybridized carbons (Fsp3) is 0.556. The molecule has 14 heavy (non-hydrogen) atoms. The summed E-state index contributed by atoms with van der Waals surface area (Å²) in [6.07, 6.45) is 5.33. The maximum atomic E-state index is 10.6. The van der Waals surface area contributed by atoms with Crippen molar-refractivity contribution in [2.75, 3.05) is 18.0 Å². The molecule has 0 bridgehead atoms. The number of carboxylic acids is 1. The minimum atomic E-state index is -0.932. The number of aromatic nitrogens is 1. The van der Waals surface area contributed by atoms with Crippen LogP contribution in [0.15, 0.2) is 6.20 Å². The molecule has 2 rings (SSSR count). The maximum absolute atomic E-state index is 10.6. The summed E-state index contributed by atoms with van der Waals surface area (Å²) in [6.45, 7) is 2.06. The summed E-state index contributed by atoms with van der Waals surface area (Å²) in [5.41, 5.74) is 0. The van der Waals surface area contributed by atoms with Crippen LogP contribution < -0.4 is 4.90 Å². The van der Waals surface area contributed by atoms with Gasteiger partial charge in [0, 0.05) is 13.1 Å². The largest absolute Gasteiger partial charge is 0.476 e. The monoisotopic (exact) mass is 212 g/mol. The predicted octanol–water partition coefficient (Wildman–Crippen LogP) is 1.83. The summed E-state index contributed by atoms with van der Waals surface area (Å²) in [5, 5.41) is 9.90. The van der Waals surface area contributed by atoms with Crippen molar-refractivity contribution in [3.63, 3.8) is 0 Å². The van der Waals surface area contributed by atoms with Crippen LogP contribution in [0.2, 0.25) is 0 Å². The fourth-order valence-corrected chi connectivity index (χ4v) is 2.43. The highest BCUT2D eigenvalue weighted by molar-refractivity contribution is 7.17. The van der Waals surface area contributed by atoms with E-state index >= 15 is 0 Å². The Morgan fingerprint density at radius 3 is 2.71 bits per heavy atom. The molecule has 2 heterocycles. The average Bonchev–Trinajstić information content (AvgIpc) is 2.68. The van der Waals surface area contributed by atoms with E-state index in [9.17, 15) is 4.79 Å². The van der Waals surface area contributed by atoms with Gasteiger partial charge in [-0.2, -0.15) is 0 Å². The van der Waals surface area contributed by atoms with E-state index in [0.717, 1.165) is 18.1 Å². The minimum absolute atomic E-state index is 0.186. The lowest BCUT2D eigenvalue weighted by molar-refractivity contribution is 0.0696. The van der Waals surface area contributed by atoms with E-state index < -0.39 is 5.97 Å². The van der Waals surface area contributed by atoms with E-state index in [4.69, 9.17) is 5.11 Å². The van der Waals surface area contributed by atoms with Crippen molar-refractivity contribution in [3.8, 4) is 0 Å². The molecule has 76 valence electrons. The first kappa shape index (κ1) is 9.45. The number of nitrogens with zero attached hydrogens (tertiary/aromatic N) is 2. The Balaban J connectivity index is 2.11. The molecular weight excluding hydrogens is 200 g/mol. The SMILES string of the molecule is O=C(O)c1ncc(N2CCCCC2)s1. The molecule has 1 aliphatic heterocycles. The molecule has 1 fully saturated rings. The zero-order chi connectivity index (χ0) is 9.97. The number of rotatable bonds is 2. The molecule has 0 saturated carbocycles. The van der Waals surface area contributed by atoms with Gasteiger partial charge >= 0.3 is 5.97 Å². The van der Waals surface area contributed by atoms with Crippen LogP contribution in [0.3, 0.4) is 0 Å². The van der Waals surface area contributed by atoms with Gasteiger partial charge < -0.3 is 10.0 Å². The van der Waals surface area contributed by atoms with Crippen LogP contribution in [-0.4, -0.2) is 29.1 Å². The minimum Gasteiger partial charge on any atom is -0.476 e. The second-order valence-corrected chi connectivity index (χ2v) is 4.37. The van der Waals surface area contributed by atoms with E-state index in [0.29, 0.717) is 0 Å². The molecule has 0 unspecified atom stereocenters. The number of anilines is 1. The van der Waals surface area contributed by atoms with E-state index in [2.05, 4.69) is 9.88 Å². The number of piperidine rings is 1. The van der Waals surface area contributed by atoms with Crippen molar-refractivity contribution in [2.24, 2.45) is 0 Å². The van der Waals surface area contributed by atoms with Gasteiger partial charge in [0.1, 0.15) is 5.00 Å². The van der Waals surface area contributed by atoms with E-state index in [1.165, 1.54) is 30.6 Å². The number of hydrogen-bond donors (Lipinski definition) is 1. The average molecular weight is 212 g/mol. The van der Waals surface area contributed by atoms with Crippen LogP contribution in [0.1, 0.15) is 29.1 Å². The van der Waals surface area contributed by atoms with Crippen LogP contribution >= 0.6 is 11.3 Å². The third kappa shape index (κ3) is 1.87. The first-order valence-electron chi connectivity index (χ1n) is 4.71. The third-order valence-corrected chi connectivity index (χ3v) is 3.39. The zero-order valence-electron chi connectivity index (χ0n) is 7.77. The summed E-state index contributed by atoms with van der Waals surface area (Å²) < 4.78 is 0. The molecule has 0 amide bonds. The number of aromatic carboxylic acids is 1. The molecule has 1 aliphatic rings. The van der Waals surface area contributed by atoms with Crippen molar-refractivity contribution >= 4 is 22.3 Å². The molecule has 1 N–H and O–H groups in total. The van der Waals surface area contributed by atoms with Crippen molar-refractivity contribution in [3.05, 3.63) is 11.2 Å². The number of thiazole rings is 1. The molecular formula is C9H12N2O2S. The van der Waals surface area contributed by atoms with Crippen LogP contribution in [-0.2, 0) is 0 Å². The molecule has 1 aromatic rings. The summed E-state index contributed by atoms with van der Waals surface area (Å²) in [5.74, 6) is -0.932. The van der Waals surface area contributed by atoms with Gasteiger partial charge in [0.25, 0.3) is 0 Å². The lowest BCUT2D eigenvalue weighted by Crippen LogP contribution is -2.28. The summed E-state index contributed by atoms with van der Waals surface area (Å²) >= 11 is 1.26. The van der Waals surface area contributed by atoms with Gasteiger partial charge in [-0.05, 0) is 19.3 Å². The fourth-order valence-electron chi connectivity index (χ4n) is 1.62. The number of carboxylic acid groups (broad SMARTS) is 1. The van der Waals surface area contributed by atoms with Gasteiger partial charge in [-0.3, -0.25) is 0 Å². The molecule has 1 aromatic heterocycles. The lowest BCUT2D eigenvalue weighted by Gasteiger charge is -2.26. The smallest absolute Gasteiger partial charge is 0.365 e. The zero-order valence-corrected chi connectivity index (χ0v) is 8.59. The second kappa shape index (κ2) is 3.96. The van der Waals surface area contributed by atoms with Gasteiger partial charge in [-0.25, -0.2) is 9.78 Å². The Labute approximate surface area is 86.2 Å². The Hall–Kier alpha value is -1.10. The highest BCUT2D eigenvalue weighted by atomic mass is 32.1. The molecule has 4 nitrogen and oxygen atoms in total. The Kier molecular flexibility index (Phi) is 2.67. The van der Waals surface area contributed by atoms with Gasteiger partial charge in [-0.15, -0.1) is 0 Å². The first-order chi connectivity index (χ1) is 6.77. The van der Waals surface area contributed by atoms with Crippen LogP contribution in [0.25, 0.3) is 0 Å². The Bertz CT molecular complexity index is 331. The molecule has 0 spiro atoms. The molecule has 1 saturated heterocycles. The second-order valence-electron chi connectivity index (χ2n) is 3.36. The third-order valence-electron chi connectivity index (χ3n) is 2.34. The normalized spacial score (nSPS) is 17.0. The van der Waals surface area contributed by atoms with Gasteiger partial charge in [0.05, 0.1) is 6.20 Å². The van der Waals surface area contributed by atoms with Crippen LogP contribution in [0.5, 0.6) is 0 Å². The van der Waals surface area contributed by atoms with Gasteiger partial charge in [-0.1, -0.05) is 11.3 Å². The summed E-state index contributed by atoms with van der Waals surface area (Å²) in [6, 6.07) is 0. The summed E-state index contributed by atoms with van der Waals surface area (Å²) in [7, 11) is 0. The standard InChI is InChI=1S/C9H12N2O2S/c12-9(13)8-10-6-7(14-8)11-4-2-1-3-5-11/h6H,1-5H2,(H,12,13). The van der Waals surface area contributed by atoms with Crippen LogP contribution in [0, 0.1) is 0 Å². The molecule has 5 heteroatoms. The Morgan fingerprint density at radius 2 is 2.14 bits per heavy atom. The molecule has 0 atom stereocenters. The molecule has 0 radical (unpaired) electrons. The van der Waals surface area contributed by atoms with E-state index in [1.54, 1.807) is 6.20 Å². The Morgan fingerprint density at radius 1 is 1.43 bits per heavy atom. The van der Waals surface area contributed by atoms with Gasteiger partial charge in [0.15, 0.2) is 0 Å². The van der Waals surface area contributed by atoms with Crippen molar-refractivity contribution in [1.82, 2.24) is 4.98 Å². The predicted molar refractivity (Wildman–Crippen MR) is 55.1 cm³/mol.